The van der Waals surface area contributed by atoms with Crippen molar-refractivity contribution in [1.82, 2.24) is 4.98 Å². The van der Waals surface area contributed by atoms with Crippen LogP contribution >= 0.6 is 0 Å². The summed E-state index contributed by atoms with van der Waals surface area (Å²) in [6.07, 6.45) is 2.85. The van der Waals surface area contributed by atoms with Crippen LogP contribution in [0.5, 0.6) is 5.88 Å². The van der Waals surface area contributed by atoms with E-state index in [2.05, 4.69) is 18.0 Å². The van der Waals surface area contributed by atoms with E-state index >= 15 is 0 Å². The van der Waals surface area contributed by atoms with Crippen LogP contribution in [0.4, 0.5) is 5.69 Å². The van der Waals surface area contributed by atoms with Crippen molar-refractivity contribution in [2.24, 2.45) is 0 Å². The number of hydrogen-bond acceptors (Lipinski definition) is 3. The summed E-state index contributed by atoms with van der Waals surface area (Å²) in [7, 11) is 5.61. The van der Waals surface area contributed by atoms with E-state index in [0.29, 0.717) is 5.88 Å². The molecule has 1 heterocycles. The van der Waals surface area contributed by atoms with Gasteiger partial charge in [0.15, 0.2) is 0 Å². The summed E-state index contributed by atoms with van der Waals surface area (Å²) in [5.41, 5.74) is 2.26. The molecule has 0 saturated heterocycles. The molecule has 3 nitrogen and oxygen atoms in total. The fourth-order valence-electron chi connectivity index (χ4n) is 1.15. The fourth-order valence-corrected chi connectivity index (χ4v) is 1.15. The van der Waals surface area contributed by atoms with Crippen LogP contribution in [0, 0.1) is 0 Å². The van der Waals surface area contributed by atoms with Gasteiger partial charge in [-0.3, -0.25) is 0 Å². The topological polar surface area (TPSA) is 25.4 Å². The second-order valence-corrected chi connectivity index (χ2v) is 3.12. The zero-order valence-corrected chi connectivity index (χ0v) is 8.66. The molecule has 0 spiro atoms. The van der Waals surface area contributed by atoms with Crippen molar-refractivity contribution in [2.45, 2.75) is 13.3 Å². The second-order valence-electron chi connectivity index (χ2n) is 3.12. The minimum atomic E-state index is 0.683. The molecule has 0 fully saturated rings. The number of pyridine rings is 1. The maximum atomic E-state index is 5.15. The van der Waals surface area contributed by atoms with E-state index in [1.165, 1.54) is 5.56 Å². The summed E-state index contributed by atoms with van der Waals surface area (Å²) in [6, 6.07) is 2.10. The number of aryl methyl sites for hydroxylation is 1. The number of methoxy groups -OCH3 is 1. The van der Waals surface area contributed by atoms with Crippen molar-refractivity contribution in [3.63, 3.8) is 0 Å². The number of aromatic nitrogens is 1. The van der Waals surface area contributed by atoms with E-state index < -0.39 is 0 Å². The third-order valence-corrected chi connectivity index (χ3v) is 1.97. The van der Waals surface area contributed by atoms with E-state index in [-0.39, 0.29) is 0 Å². The molecule has 0 aliphatic carbocycles. The molecule has 1 aromatic heterocycles. The first-order valence-corrected chi connectivity index (χ1v) is 4.39. The Labute approximate surface area is 79.3 Å². The van der Waals surface area contributed by atoms with Gasteiger partial charge in [0.05, 0.1) is 12.8 Å². The highest BCUT2D eigenvalue weighted by molar-refractivity contribution is 5.55. The Bertz CT molecular complexity index is 284. The molecule has 1 rings (SSSR count). The van der Waals surface area contributed by atoms with Crippen LogP contribution in [0.1, 0.15) is 12.5 Å². The van der Waals surface area contributed by atoms with Gasteiger partial charge >= 0.3 is 0 Å². The standard InChI is InChI=1S/C10H16N2O/c1-5-8-6-9(12(2)3)10(13-4)11-7-8/h6-7H,5H2,1-4H3. The summed E-state index contributed by atoms with van der Waals surface area (Å²) in [5.74, 6) is 0.683. The average Bonchev–Trinajstić information content (AvgIpc) is 2.16. The Hall–Kier alpha value is -1.25. The molecule has 0 aromatic carbocycles. The third-order valence-electron chi connectivity index (χ3n) is 1.97. The number of hydrogen-bond donors (Lipinski definition) is 0. The molecule has 1 aromatic rings. The Balaban J connectivity index is 3.10. The fraction of sp³-hybridized carbons (Fsp3) is 0.500. The van der Waals surface area contributed by atoms with Gasteiger partial charge in [-0.05, 0) is 18.1 Å². The molecule has 72 valence electrons. The normalized spacial score (nSPS) is 9.85. The lowest BCUT2D eigenvalue weighted by Gasteiger charge is -2.16. The number of nitrogens with zero attached hydrogens (tertiary/aromatic N) is 2. The molecule has 0 amide bonds. The smallest absolute Gasteiger partial charge is 0.237 e. The first-order valence-electron chi connectivity index (χ1n) is 4.39. The van der Waals surface area contributed by atoms with E-state index in [9.17, 15) is 0 Å². The van der Waals surface area contributed by atoms with Crippen LogP contribution in [-0.4, -0.2) is 26.2 Å². The van der Waals surface area contributed by atoms with Crippen LogP contribution in [0.2, 0.25) is 0 Å². The zero-order valence-electron chi connectivity index (χ0n) is 8.66. The Morgan fingerprint density at radius 1 is 1.46 bits per heavy atom. The van der Waals surface area contributed by atoms with Crippen molar-refractivity contribution in [2.75, 3.05) is 26.1 Å². The average molecular weight is 180 g/mol. The molecule has 0 unspecified atom stereocenters. The van der Waals surface area contributed by atoms with Crippen LogP contribution in [0.3, 0.4) is 0 Å². The lowest BCUT2D eigenvalue weighted by molar-refractivity contribution is 0.398. The molecule has 0 atom stereocenters. The van der Waals surface area contributed by atoms with Gasteiger partial charge < -0.3 is 9.64 Å². The van der Waals surface area contributed by atoms with E-state index in [1.807, 2.05) is 25.2 Å². The quantitative estimate of drug-likeness (QED) is 0.708. The van der Waals surface area contributed by atoms with E-state index in [1.54, 1.807) is 7.11 Å². The van der Waals surface area contributed by atoms with Crippen LogP contribution in [-0.2, 0) is 6.42 Å². The molecular weight excluding hydrogens is 164 g/mol. The minimum absolute atomic E-state index is 0.683. The number of rotatable bonds is 3. The van der Waals surface area contributed by atoms with E-state index in [0.717, 1.165) is 12.1 Å². The van der Waals surface area contributed by atoms with Crippen LogP contribution in [0.15, 0.2) is 12.3 Å². The van der Waals surface area contributed by atoms with Crippen molar-refractivity contribution >= 4 is 5.69 Å². The molecule has 13 heavy (non-hydrogen) atoms. The predicted molar refractivity (Wildman–Crippen MR) is 54.5 cm³/mol. The van der Waals surface area contributed by atoms with Crippen LogP contribution in [0.25, 0.3) is 0 Å². The van der Waals surface area contributed by atoms with Crippen molar-refractivity contribution in [1.29, 1.82) is 0 Å². The summed E-state index contributed by atoms with van der Waals surface area (Å²) < 4.78 is 5.15. The van der Waals surface area contributed by atoms with Gasteiger partial charge in [0.1, 0.15) is 0 Å². The van der Waals surface area contributed by atoms with Crippen molar-refractivity contribution < 1.29 is 4.74 Å². The van der Waals surface area contributed by atoms with Gasteiger partial charge in [-0.2, -0.15) is 0 Å². The molecule has 0 radical (unpaired) electrons. The summed E-state index contributed by atoms with van der Waals surface area (Å²) in [5, 5.41) is 0. The molecule has 0 bridgehead atoms. The van der Waals surface area contributed by atoms with Crippen molar-refractivity contribution in [3.8, 4) is 5.88 Å². The second kappa shape index (κ2) is 4.12. The van der Waals surface area contributed by atoms with Gasteiger partial charge in [0.2, 0.25) is 5.88 Å². The number of anilines is 1. The first-order chi connectivity index (χ1) is 6.19. The van der Waals surface area contributed by atoms with E-state index in [4.69, 9.17) is 4.74 Å². The monoisotopic (exact) mass is 180 g/mol. The zero-order chi connectivity index (χ0) is 9.84. The van der Waals surface area contributed by atoms with Gasteiger partial charge in [-0.15, -0.1) is 0 Å². The molecule has 0 N–H and O–H groups in total. The third kappa shape index (κ3) is 2.11. The summed E-state index contributed by atoms with van der Waals surface area (Å²) in [4.78, 5) is 6.23. The van der Waals surface area contributed by atoms with Gasteiger partial charge in [0, 0.05) is 20.3 Å². The highest BCUT2D eigenvalue weighted by atomic mass is 16.5. The largest absolute Gasteiger partial charge is 0.480 e. The summed E-state index contributed by atoms with van der Waals surface area (Å²) >= 11 is 0. The maximum absolute atomic E-state index is 5.15. The molecule has 0 aliphatic rings. The Morgan fingerprint density at radius 3 is 2.62 bits per heavy atom. The summed E-state index contributed by atoms with van der Waals surface area (Å²) in [6.45, 7) is 2.11. The molecule has 0 saturated carbocycles. The lowest BCUT2D eigenvalue weighted by Crippen LogP contribution is -2.11. The first kappa shape index (κ1) is 9.84. The van der Waals surface area contributed by atoms with Crippen LogP contribution < -0.4 is 9.64 Å². The predicted octanol–water partition coefficient (Wildman–Crippen LogP) is 1.72. The Kier molecular flexibility index (Phi) is 3.12. The highest BCUT2D eigenvalue weighted by Crippen LogP contribution is 2.24. The number of ether oxygens (including phenoxy) is 1. The lowest BCUT2D eigenvalue weighted by atomic mass is 10.2. The Morgan fingerprint density at radius 2 is 2.15 bits per heavy atom. The van der Waals surface area contributed by atoms with Gasteiger partial charge in [-0.25, -0.2) is 4.98 Å². The highest BCUT2D eigenvalue weighted by Gasteiger charge is 2.06. The van der Waals surface area contributed by atoms with Gasteiger partial charge in [0.25, 0.3) is 0 Å². The maximum Gasteiger partial charge on any atom is 0.237 e. The molecule has 0 aliphatic heterocycles. The minimum Gasteiger partial charge on any atom is -0.480 e. The SMILES string of the molecule is CCc1cnc(OC)c(N(C)C)c1. The molecular formula is C10H16N2O. The van der Waals surface area contributed by atoms with Crippen molar-refractivity contribution in [3.05, 3.63) is 17.8 Å². The van der Waals surface area contributed by atoms with Gasteiger partial charge in [-0.1, -0.05) is 6.92 Å². The molecule has 3 heteroatoms.